The molecule has 1 aliphatic heterocycles. The van der Waals surface area contributed by atoms with E-state index < -0.39 is 0 Å². The molecule has 1 heterocycles. The fourth-order valence-electron chi connectivity index (χ4n) is 2.08. The van der Waals surface area contributed by atoms with Crippen LogP contribution < -0.4 is 5.32 Å². The molecule has 1 aliphatic rings. The fraction of sp³-hybridized carbons (Fsp3) is 0.188. The lowest BCUT2D eigenvalue weighted by molar-refractivity contribution is 0.102. The molecule has 2 aromatic carbocycles. The summed E-state index contributed by atoms with van der Waals surface area (Å²) in [5.74, 6) is 2.30. The maximum Gasteiger partial charge on any atom is 0.255 e. The van der Waals surface area contributed by atoms with Gasteiger partial charge in [-0.05, 0) is 42.0 Å². The van der Waals surface area contributed by atoms with E-state index in [1.165, 1.54) is 17.1 Å². The highest BCUT2D eigenvalue weighted by Gasteiger charge is 2.18. The van der Waals surface area contributed by atoms with E-state index >= 15 is 0 Å². The van der Waals surface area contributed by atoms with Crippen molar-refractivity contribution in [2.24, 2.45) is 0 Å². The van der Waals surface area contributed by atoms with Crippen molar-refractivity contribution < 1.29 is 4.79 Å². The number of carbonyl (C=O) groups excluding carboxylic acids is 1. The number of nitrogens with one attached hydrogen (secondary N) is 1. The van der Waals surface area contributed by atoms with Crippen LogP contribution in [-0.4, -0.2) is 17.4 Å². The quantitative estimate of drug-likeness (QED) is 0.849. The van der Waals surface area contributed by atoms with Gasteiger partial charge in [-0.25, -0.2) is 0 Å². The Kier molecular flexibility index (Phi) is 4.78. The van der Waals surface area contributed by atoms with E-state index in [0.717, 1.165) is 5.69 Å². The highest BCUT2D eigenvalue weighted by Crippen LogP contribution is 2.45. The average Bonchev–Trinajstić information content (AvgIpc) is 3.04. The van der Waals surface area contributed by atoms with Crippen LogP contribution in [0.3, 0.4) is 0 Å². The van der Waals surface area contributed by atoms with Crippen molar-refractivity contribution in [3.8, 4) is 0 Å². The Morgan fingerprint density at radius 3 is 2.24 bits per heavy atom. The van der Waals surface area contributed by atoms with Gasteiger partial charge in [0.1, 0.15) is 0 Å². The molecule has 3 rings (SSSR count). The minimum Gasteiger partial charge on any atom is -0.322 e. The number of carbonyl (C=O) groups is 1. The zero-order valence-electron chi connectivity index (χ0n) is 11.2. The lowest BCUT2D eigenvalue weighted by Gasteiger charge is -2.09. The SMILES string of the molecule is O=C(Nc1ccc(Cl)cc1)c1ccc(C2SCCS2)cc1. The molecule has 0 aliphatic carbocycles. The predicted molar refractivity (Wildman–Crippen MR) is 93.5 cm³/mol. The molecule has 1 fully saturated rings. The summed E-state index contributed by atoms with van der Waals surface area (Å²) in [5.41, 5.74) is 2.70. The summed E-state index contributed by atoms with van der Waals surface area (Å²) in [6, 6.07) is 15.0. The molecule has 0 bridgehead atoms. The van der Waals surface area contributed by atoms with Crippen LogP contribution in [-0.2, 0) is 0 Å². The highest BCUT2D eigenvalue weighted by molar-refractivity contribution is 8.19. The van der Waals surface area contributed by atoms with Crippen molar-refractivity contribution in [2.45, 2.75) is 4.58 Å². The first-order valence-electron chi connectivity index (χ1n) is 6.62. The molecule has 0 atom stereocenters. The van der Waals surface area contributed by atoms with Gasteiger partial charge < -0.3 is 5.32 Å². The maximum absolute atomic E-state index is 12.2. The van der Waals surface area contributed by atoms with Crippen LogP contribution in [0.5, 0.6) is 0 Å². The first-order chi connectivity index (χ1) is 10.2. The molecule has 0 spiro atoms. The van der Waals surface area contributed by atoms with Crippen LogP contribution in [0, 0.1) is 0 Å². The van der Waals surface area contributed by atoms with Crippen LogP contribution in [0.25, 0.3) is 0 Å². The molecule has 1 N–H and O–H groups in total. The van der Waals surface area contributed by atoms with Crippen molar-refractivity contribution >= 4 is 46.7 Å². The fourth-order valence-corrected chi connectivity index (χ4v) is 5.06. The van der Waals surface area contributed by atoms with Gasteiger partial charge in [0.2, 0.25) is 0 Å². The van der Waals surface area contributed by atoms with E-state index in [0.29, 0.717) is 15.2 Å². The summed E-state index contributed by atoms with van der Waals surface area (Å²) >= 11 is 9.76. The monoisotopic (exact) mass is 335 g/mol. The molecular weight excluding hydrogens is 322 g/mol. The van der Waals surface area contributed by atoms with Gasteiger partial charge in [-0.1, -0.05) is 23.7 Å². The van der Waals surface area contributed by atoms with Crippen LogP contribution >= 0.6 is 35.1 Å². The molecule has 0 unspecified atom stereocenters. The van der Waals surface area contributed by atoms with E-state index in [1.807, 2.05) is 47.8 Å². The molecule has 1 amide bonds. The standard InChI is InChI=1S/C16H14ClNOS2/c17-13-5-7-14(8-6-13)18-15(19)11-1-3-12(4-2-11)16-20-9-10-21-16/h1-8,16H,9-10H2,(H,18,19). The Balaban J connectivity index is 1.68. The number of rotatable bonds is 3. The second kappa shape index (κ2) is 6.77. The van der Waals surface area contributed by atoms with Gasteiger partial charge in [0.05, 0.1) is 4.58 Å². The Bertz CT molecular complexity index is 622. The summed E-state index contributed by atoms with van der Waals surface area (Å²) in [6.45, 7) is 0. The third kappa shape index (κ3) is 3.76. The second-order valence-electron chi connectivity index (χ2n) is 4.66. The number of hydrogen-bond acceptors (Lipinski definition) is 3. The Morgan fingerprint density at radius 1 is 1.00 bits per heavy atom. The first-order valence-corrected chi connectivity index (χ1v) is 9.10. The third-order valence-electron chi connectivity index (χ3n) is 3.17. The topological polar surface area (TPSA) is 29.1 Å². The summed E-state index contributed by atoms with van der Waals surface area (Å²) in [4.78, 5) is 12.2. The molecule has 21 heavy (non-hydrogen) atoms. The van der Waals surface area contributed by atoms with Crippen molar-refractivity contribution in [3.05, 3.63) is 64.7 Å². The zero-order chi connectivity index (χ0) is 14.7. The molecule has 108 valence electrons. The first kappa shape index (κ1) is 14.8. The van der Waals surface area contributed by atoms with Gasteiger partial charge in [-0.15, -0.1) is 23.5 Å². The van der Waals surface area contributed by atoms with Crippen molar-refractivity contribution in [3.63, 3.8) is 0 Å². The molecule has 1 saturated heterocycles. The summed E-state index contributed by atoms with van der Waals surface area (Å²) in [5, 5.41) is 3.52. The van der Waals surface area contributed by atoms with Gasteiger partial charge in [-0.3, -0.25) is 4.79 Å². The molecule has 2 nitrogen and oxygen atoms in total. The van der Waals surface area contributed by atoms with E-state index in [2.05, 4.69) is 5.32 Å². The predicted octanol–water partition coefficient (Wildman–Crippen LogP) is 5.07. The van der Waals surface area contributed by atoms with Gasteiger partial charge in [-0.2, -0.15) is 0 Å². The summed E-state index contributed by atoms with van der Waals surface area (Å²) < 4.78 is 0.512. The van der Waals surface area contributed by atoms with Crippen molar-refractivity contribution in [1.29, 1.82) is 0 Å². The van der Waals surface area contributed by atoms with Gasteiger partial charge in [0.25, 0.3) is 5.91 Å². The molecule has 0 saturated carbocycles. The van der Waals surface area contributed by atoms with Crippen LogP contribution in [0.15, 0.2) is 48.5 Å². The normalized spacial score (nSPS) is 15.1. The number of thioether (sulfide) groups is 2. The summed E-state index contributed by atoms with van der Waals surface area (Å²) in [6.07, 6.45) is 0. The molecular formula is C16H14ClNOS2. The van der Waals surface area contributed by atoms with E-state index in [1.54, 1.807) is 24.3 Å². The van der Waals surface area contributed by atoms with Crippen molar-refractivity contribution in [2.75, 3.05) is 16.8 Å². The minimum absolute atomic E-state index is 0.101. The van der Waals surface area contributed by atoms with Crippen LogP contribution in [0.1, 0.15) is 20.5 Å². The lowest BCUT2D eigenvalue weighted by Crippen LogP contribution is -2.11. The third-order valence-corrected chi connectivity index (χ3v) is 6.53. The highest BCUT2D eigenvalue weighted by atomic mass is 35.5. The van der Waals surface area contributed by atoms with Crippen LogP contribution in [0.2, 0.25) is 5.02 Å². The van der Waals surface area contributed by atoms with Crippen LogP contribution in [0.4, 0.5) is 5.69 Å². The molecule has 0 radical (unpaired) electrons. The number of benzene rings is 2. The second-order valence-corrected chi connectivity index (χ2v) is 7.82. The van der Waals surface area contributed by atoms with Crippen molar-refractivity contribution in [1.82, 2.24) is 0 Å². The number of amides is 1. The maximum atomic E-state index is 12.2. The van der Waals surface area contributed by atoms with E-state index in [4.69, 9.17) is 11.6 Å². The Hall–Kier alpha value is -1.10. The minimum atomic E-state index is -0.101. The van der Waals surface area contributed by atoms with Gasteiger partial charge in [0.15, 0.2) is 0 Å². The zero-order valence-corrected chi connectivity index (χ0v) is 13.6. The van der Waals surface area contributed by atoms with E-state index in [9.17, 15) is 4.79 Å². The number of anilines is 1. The summed E-state index contributed by atoms with van der Waals surface area (Å²) in [7, 11) is 0. The van der Waals surface area contributed by atoms with Gasteiger partial charge in [0, 0.05) is 27.8 Å². The Morgan fingerprint density at radius 2 is 1.62 bits per heavy atom. The molecule has 5 heteroatoms. The van der Waals surface area contributed by atoms with Gasteiger partial charge >= 0.3 is 0 Å². The molecule has 0 aromatic heterocycles. The average molecular weight is 336 g/mol. The Labute approximate surface area is 137 Å². The lowest BCUT2D eigenvalue weighted by atomic mass is 10.1. The smallest absolute Gasteiger partial charge is 0.255 e. The molecule has 2 aromatic rings. The number of halogens is 1. The van der Waals surface area contributed by atoms with E-state index in [-0.39, 0.29) is 5.91 Å². The largest absolute Gasteiger partial charge is 0.322 e. The number of hydrogen-bond donors (Lipinski definition) is 1.